The third-order valence-electron chi connectivity index (χ3n) is 3.05. The highest BCUT2D eigenvalue weighted by atomic mass is 32.2. The van der Waals surface area contributed by atoms with Gasteiger partial charge in [0, 0.05) is 5.75 Å². The van der Waals surface area contributed by atoms with E-state index in [4.69, 9.17) is 5.73 Å². The van der Waals surface area contributed by atoms with Crippen LogP contribution >= 0.6 is 0 Å². The number of benzene rings is 1. The van der Waals surface area contributed by atoms with Gasteiger partial charge >= 0.3 is 0 Å². The van der Waals surface area contributed by atoms with Gasteiger partial charge in [0.05, 0.1) is 5.75 Å². The third-order valence-corrected chi connectivity index (χ3v) is 4.84. The summed E-state index contributed by atoms with van der Waals surface area (Å²) in [5.74, 6) is 0.0788. The summed E-state index contributed by atoms with van der Waals surface area (Å²) in [5, 5.41) is 0. The molecular weight excluding hydrogens is 253 g/mol. The normalized spacial score (nSPS) is 13.5. The molecule has 0 aliphatic heterocycles. The lowest BCUT2D eigenvalue weighted by Gasteiger charge is -2.15. The second-order valence-electron chi connectivity index (χ2n) is 4.37. The number of sulfone groups is 1. The summed E-state index contributed by atoms with van der Waals surface area (Å²) >= 11 is 0. The lowest BCUT2D eigenvalue weighted by atomic mass is 9.95. The van der Waals surface area contributed by atoms with Crippen molar-refractivity contribution in [2.24, 2.45) is 5.73 Å². The quantitative estimate of drug-likeness (QED) is 0.827. The largest absolute Gasteiger partial charge is 0.330 e. The molecule has 3 nitrogen and oxygen atoms in total. The Hall–Kier alpha value is -0.940. The average Bonchev–Trinajstić information content (AvgIpc) is 2.34. The van der Waals surface area contributed by atoms with Gasteiger partial charge in [0.2, 0.25) is 0 Å². The summed E-state index contributed by atoms with van der Waals surface area (Å²) in [6.45, 7) is 2.04. The van der Waals surface area contributed by atoms with Crippen LogP contribution in [0.2, 0.25) is 0 Å². The zero-order valence-electron chi connectivity index (χ0n) is 10.6. The van der Waals surface area contributed by atoms with Crippen LogP contribution in [0.5, 0.6) is 0 Å². The molecule has 1 rings (SSSR count). The van der Waals surface area contributed by atoms with E-state index in [1.54, 1.807) is 13.0 Å². The molecule has 0 bridgehead atoms. The molecule has 0 spiro atoms. The fraction of sp³-hybridized carbons (Fsp3) is 0.538. The summed E-state index contributed by atoms with van der Waals surface area (Å²) in [6.07, 6.45) is 1.23. The summed E-state index contributed by atoms with van der Waals surface area (Å²) in [4.78, 5) is 0. The zero-order chi connectivity index (χ0) is 13.6. The first kappa shape index (κ1) is 15.1. The molecular formula is C13H20FNO2S. The highest BCUT2D eigenvalue weighted by Crippen LogP contribution is 2.21. The first-order chi connectivity index (χ1) is 8.48. The van der Waals surface area contributed by atoms with Crippen LogP contribution in [0.25, 0.3) is 0 Å². The number of hydrogen-bond donors (Lipinski definition) is 1. The molecule has 2 N–H and O–H groups in total. The van der Waals surface area contributed by atoms with E-state index in [2.05, 4.69) is 0 Å². The van der Waals surface area contributed by atoms with Crippen molar-refractivity contribution in [2.45, 2.75) is 25.7 Å². The minimum absolute atomic E-state index is 0.0211. The standard InChI is InChI=1S/C13H20FNO2S/c1-2-18(16,17)8-4-6-12(10-15)11-5-3-7-13(14)9-11/h3,5,7,9,12H,2,4,6,8,10,15H2,1H3. The molecule has 1 aromatic rings. The maximum absolute atomic E-state index is 13.1. The van der Waals surface area contributed by atoms with Crippen LogP contribution in [0.3, 0.4) is 0 Å². The van der Waals surface area contributed by atoms with Crippen LogP contribution < -0.4 is 5.73 Å². The van der Waals surface area contributed by atoms with Crippen molar-refractivity contribution < 1.29 is 12.8 Å². The van der Waals surface area contributed by atoms with Crippen LogP contribution in [-0.2, 0) is 9.84 Å². The Morgan fingerprint density at radius 1 is 1.39 bits per heavy atom. The van der Waals surface area contributed by atoms with Crippen molar-refractivity contribution in [2.75, 3.05) is 18.1 Å². The Bertz CT molecular complexity index is 474. The second-order valence-corrected chi connectivity index (χ2v) is 6.84. The Kier molecular flexibility index (Phi) is 5.75. The summed E-state index contributed by atoms with van der Waals surface area (Å²) in [5.41, 5.74) is 6.50. The van der Waals surface area contributed by atoms with Crippen molar-refractivity contribution >= 4 is 9.84 Å². The molecule has 0 aliphatic carbocycles. The van der Waals surface area contributed by atoms with Crippen molar-refractivity contribution in [3.63, 3.8) is 0 Å². The number of nitrogens with two attached hydrogens (primary N) is 1. The van der Waals surface area contributed by atoms with Gasteiger partial charge in [0.15, 0.2) is 0 Å². The van der Waals surface area contributed by atoms with Crippen LogP contribution in [-0.4, -0.2) is 26.5 Å². The minimum atomic E-state index is -2.93. The van der Waals surface area contributed by atoms with E-state index in [1.807, 2.05) is 6.07 Å². The highest BCUT2D eigenvalue weighted by Gasteiger charge is 2.13. The number of rotatable bonds is 7. The van der Waals surface area contributed by atoms with Crippen LogP contribution in [0.4, 0.5) is 4.39 Å². The summed E-state index contributed by atoms with van der Waals surface area (Å²) < 4.78 is 35.8. The van der Waals surface area contributed by atoms with Gasteiger partial charge < -0.3 is 5.73 Å². The first-order valence-electron chi connectivity index (χ1n) is 6.14. The predicted octanol–water partition coefficient (Wildman–Crippen LogP) is 2.08. The molecule has 102 valence electrons. The maximum Gasteiger partial charge on any atom is 0.150 e. The third kappa shape index (κ3) is 4.74. The molecule has 1 unspecified atom stereocenters. The molecule has 0 aliphatic rings. The van der Waals surface area contributed by atoms with E-state index >= 15 is 0 Å². The lowest BCUT2D eigenvalue weighted by molar-refractivity contribution is 0.577. The fourth-order valence-electron chi connectivity index (χ4n) is 1.88. The Morgan fingerprint density at radius 2 is 2.11 bits per heavy atom. The zero-order valence-corrected chi connectivity index (χ0v) is 11.4. The van der Waals surface area contributed by atoms with E-state index in [9.17, 15) is 12.8 Å². The average molecular weight is 273 g/mol. The van der Waals surface area contributed by atoms with E-state index in [0.717, 1.165) is 5.56 Å². The van der Waals surface area contributed by atoms with Gasteiger partial charge in [0.25, 0.3) is 0 Å². The van der Waals surface area contributed by atoms with Gasteiger partial charge in [-0.15, -0.1) is 0 Å². The van der Waals surface area contributed by atoms with E-state index in [1.165, 1.54) is 12.1 Å². The predicted molar refractivity (Wildman–Crippen MR) is 71.8 cm³/mol. The van der Waals surface area contributed by atoms with Gasteiger partial charge in [-0.25, -0.2) is 12.8 Å². The lowest BCUT2D eigenvalue weighted by Crippen LogP contribution is -2.15. The molecule has 0 amide bonds. The molecule has 18 heavy (non-hydrogen) atoms. The Labute approximate surface area is 108 Å². The molecule has 0 fully saturated rings. The van der Waals surface area contributed by atoms with Crippen molar-refractivity contribution in [1.29, 1.82) is 0 Å². The van der Waals surface area contributed by atoms with Gasteiger partial charge in [-0.2, -0.15) is 0 Å². The van der Waals surface area contributed by atoms with Crippen LogP contribution in [0.15, 0.2) is 24.3 Å². The minimum Gasteiger partial charge on any atom is -0.330 e. The van der Waals surface area contributed by atoms with E-state index in [-0.39, 0.29) is 23.2 Å². The summed E-state index contributed by atoms with van der Waals surface area (Å²) in [6, 6.07) is 6.33. The van der Waals surface area contributed by atoms with Crippen molar-refractivity contribution in [3.8, 4) is 0 Å². The summed E-state index contributed by atoms with van der Waals surface area (Å²) in [7, 11) is -2.93. The molecule has 0 radical (unpaired) electrons. The van der Waals surface area contributed by atoms with E-state index < -0.39 is 9.84 Å². The molecule has 0 saturated heterocycles. The Morgan fingerprint density at radius 3 is 2.67 bits per heavy atom. The molecule has 0 aromatic heterocycles. The second kappa shape index (κ2) is 6.85. The highest BCUT2D eigenvalue weighted by molar-refractivity contribution is 7.91. The molecule has 1 aromatic carbocycles. The fourth-order valence-corrected chi connectivity index (χ4v) is 2.77. The van der Waals surface area contributed by atoms with E-state index in [0.29, 0.717) is 19.4 Å². The SMILES string of the molecule is CCS(=O)(=O)CCCC(CN)c1cccc(F)c1. The van der Waals surface area contributed by atoms with Gasteiger partial charge in [-0.3, -0.25) is 0 Å². The molecule has 1 atom stereocenters. The molecule has 5 heteroatoms. The number of hydrogen-bond acceptors (Lipinski definition) is 3. The molecule has 0 saturated carbocycles. The number of halogens is 1. The Balaban J connectivity index is 2.58. The van der Waals surface area contributed by atoms with Gasteiger partial charge in [-0.05, 0) is 43.0 Å². The monoisotopic (exact) mass is 273 g/mol. The van der Waals surface area contributed by atoms with Gasteiger partial charge in [0.1, 0.15) is 15.7 Å². The maximum atomic E-state index is 13.1. The van der Waals surface area contributed by atoms with Crippen LogP contribution in [0.1, 0.15) is 31.2 Å². The van der Waals surface area contributed by atoms with Crippen molar-refractivity contribution in [1.82, 2.24) is 0 Å². The smallest absolute Gasteiger partial charge is 0.150 e. The topological polar surface area (TPSA) is 60.2 Å². The molecule has 0 heterocycles. The first-order valence-corrected chi connectivity index (χ1v) is 7.96. The van der Waals surface area contributed by atoms with Crippen LogP contribution in [0, 0.1) is 5.82 Å². The van der Waals surface area contributed by atoms with Crippen molar-refractivity contribution in [3.05, 3.63) is 35.6 Å². The van der Waals surface area contributed by atoms with Gasteiger partial charge in [-0.1, -0.05) is 19.1 Å².